The fourth-order valence-electron chi connectivity index (χ4n) is 1.07. The summed E-state index contributed by atoms with van der Waals surface area (Å²) < 4.78 is 0. The summed E-state index contributed by atoms with van der Waals surface area (Å²) in [6.07, 6.45) is 2.10. The van der Waals surface area contributed by atoms with Crippen molar-refractivity contribution in [3.63, 3.8) is 0 Å². The lowest BCUT2D eigenvalue weighted by Crippen LogP contribution is -2.40. The standard InChI is InChI=1S/C9H17O2/c1-4-7-8(10)9(11,5-2)6-3/h1,4,8,10-11H,5-7H2,2-3H3. The zero-order valence-corrected chi connectivity index (χ0v) is 7.25. The van der Waals surface area contributed by atoms with Crippen molar-refractivity contribution in [2.75, 3.05) is 0 Å². The Labute approximate surface area is 68.6 Å². The van der Waals surface area contributed by atoms with Gasteiger partial charge in [-0.2, -0.15) is 0 Å². The van der Waals surface area contributed by atoms with E-state index in [1.165, 1.54) is 6.08 Å². The van der Waals surface area contributed by atoms with Gasteiger partial charge in [-0.25, -0.2) is 0 Å². The molecule has 0 aliphatic rings. The normalized spacial score (nSPS) is 14.5. The maximum absolute atomic E-state index is 9.70. The summed E-state index contributed by atoms with van der Waals surface area (Å²) in [5, 5.41) is 19.1. The van der Waals surface area contributed by atoms with Crippen molar-refractivity contribution in [3.8, 4) is 0 Å². The minimum Gasteiger partial charge on any atom is -0.390 e. The van der Waals surface area contributed by atoms with Gasteiger partial charge in [-0.15, -0.1) is 0 Å². The SMILES string of the molecule is [CH]=CCC(O)C(O)(CC)CC. The number of aliphatic hydroxyl groups excluding tert-OH is 1. The van der Waals surface area contributed by atoms with Crippen molar-refractivity contribution in [2.24, 2.45) is 0 Å². The Morgan fingerprint density at radius 2 is 1.91 bits per heavy atom. The number of aliphatic hydroxyl groups is 2. The second-order valence-corrected chi connectivity index (χ2v) is 2.80. The van der Waals surface area contributed by atoms with E-state index in [9.17, 15) is 10.2 Å². The van der Waals surface area contributed by atoms with Crippen LogP contribution in [0.25, 0.3) is 0 Å². The van der Waals surface area contributed by atoms with E-state index >= 15 is 0 Å². The summed E-state index contributed by atoms with van der Waals surface area (Å²) in [5.41, 5.74) is -0.962. The van der Waals surface area contributed by atoms with E-state index in [0.717, 1.165) is 0 Å². The van der Waals surface area contributed by atoms with Crippen LogP contribution in [0.2, 0.25) is 0 Å². The fourth-order valence-corrected chi connectivity index (χ4v) is 1.07. The van der Waals surface area contributed by atoms with Gasteiger partial charge in [0.2, 0.25) is 0 Å². The van der Waals surface area contributed by atoms with Gasteiger partial charge in [0.1, 0.15) is 0 Å². The first-order chi connectivity index (χ1) is 5.10. The number of rotatable bonds is 5. The lowest BCUT2D eigenvalue weighted by Gasteiger charge is -2.30. The van der Waals surface area contributed by atoms with E-state index in [1.807, 2.05) is 13.8 Å². The highest BCUT2D eigenvalue weighted by atomic mass is 16.3. The minimum absolute atomic E-state index is 0.345. The summed E-state index contributed by atoms with van der Waals surface area (Å²) in [6, 6.07) is 0. The third-order valence-corrected chi connectivity index (χ3v) is 2.20. The van der Waals surface area contributed by atoms with E-state index in [0.29, 0.717) is 19.3 Å². The van der Waals surface area contributed by atoms with Crippen LogP contribution in [0.4, 0.5) is 0 Å². The lowest BCUT2D eigenvalue weighted by molar-refractivity contribution is -0.0778. The largest absolute Gasteiger partial charge is 0.390 e. The molecule has 65 valence electrons. The number of hydrogen-bond donors (Lipinski definition) is 2. The van der Waals surface area contributed by atoms with Crippen LogP contribution in [-0.4, -0.2) is 21.9 Å². The van der Waals surface area contributed by atoms with Gasteiger partial charge in [0.15, 0.2) is 0 Å². The Kier molecular flexibility index (Phi) is 4.38. The van der Waals surface area contributed by atoms with Crippen LogP contribution in [-0.2, 0) is 0 Å². The van der Waals surface area contributed by atoms with Crippen molar-refractivity contribution in [2.45, 2.75) is 44.8 Å². The molecule has 1 radical (unpaired) electrons. The quantitative estimate of drug-likeness (QED) is 0.631. The first-order valence-electron chi connectivity index (χ1n) is 4.04. The zero-order valence-electron chi connectivity index (χ0n) is 7.25. The molecule has 0 aromatic heterocycles. The molecule has 0 aromatic rings. The molecule has 0 aromatic carbocycles. The molecule has 0 saturated carbocycles. The van der Waals surface area contributed by atoms with E-state index in [-0.39, 0.29) is 0 Å². The van der Waals surface area contributed by atoms with E-state index < -0.39 is 11.7 Å². The maximum Gasteiger partial charge on any atom is 0.0903 e. The second-order valence-electron chi connectivity index (χ2n) is 2.80. The van der Waals surface area contributed by atoms with Gasteiger partial charge in [0, 0.05) is 0 Å². The summed E-state index contributed by atoms with van der Waals surface area (Å²) >= 11 is 0. The highest BCUT2D eigenvalue weighted by molar-refractivity contribution is 4.87. The van der Waals surface area contributed by atoms with Gasteiger partial charge in [-0.3, -0.25) is 0 Å². The van der Waals surface area contributed by atoms with E-state index in [4.69, 9.17) is 6.58 Å². The molecule has 0 aliphatic heterocycles. The third kappa shape index (κ3) is 2.64. The molecule has 1 atom stereocenters. The van der Waals surface area contributed by atoms with Crippen LogP contribution < -0.4 is 0 Å². The molecule has 2 heteroatoms. The Morgan fingerprint density at radius 1 is 1.45 bits per heavy atom. The maximum atomic E-state index is 9.70. The monoisotopic (exact) mass is 157 g/mol. The Bertz CT molecular complexity index is 117. The molecule has 0 amide bonds. The van der Waals surface area contributed by atoms with Gasteiger partial charge in [-0.05, 0) is 19.3 Å². The van der Waals surface area contributed by atoms with E-state index in [2.05, 4.69) is 0 Å². The second kappa shape index (κ2) is 4.52. The molecule has 1 unspecified atom stereocenters. The highest BCUT2D eigenvalue weighted by Gasteiger charge is 2.30. The van der Waals surface area contributed by atoms with Crippen molar-refractivity contribution in [1.82, 2.24) is 0 Å². The van der Waals surface area contributed by atoms with Gasteiger partial charge >= 0.3 is 0 Å². The molecule has 2 N–H and O–H groups in total. The molecule has 0 rings (SSSR count). The number of hydrogen-bond acceptors (Lipinski definition) is 2. The van der Waals surface area contributed by atoms with Crippen LogP contribution in [0.3, 0.4) is 0 Å². The summed E-state index contributed by atoms with van der Waals surface area (Å²) in [7, 11) is 0. The van der Waals surface area contributed by atoms with Gasteiger partial charge < -0.3 is 10.2 Å². The van der Waals surface area contributed by atoms with Crippen LogP contribution in [0.15, 0.2) is 6.08 Å². The van der Waals surface area contributed by atoms with Crippen molar-refractivity contribution in [1.29, 1.82) is 0 Å². The van der Waals surface area contributed by atoms with Crippen molar-refractivity contribution < 1.29 is 10.2 Å². The highest BCUT2D eigenvalue weighted by Crippen LogP contribution is 2.21. The Hall–Kier alpha value is -0.340. The fraction of sp³-hybridized carbons (Fsp3) is 0.778. The molecular weight excluding hydrogens is 140 g/mol. The third-order valence-electron chi connectivity index (χ3n) is 2.20. The van der Waals surface area contributed by atoms with E-state index in [1.54, 1.807) is 0 Å². The molecule has 0 saturated heterocycles. The van der Waals surface area contributed by atoms with Gasteiger partial charge in [-0.1, -0.05) is 26.5 Å². The summed E-state index contributed by atoms with van der Waals surface area (Å²) in [6.45, 7) is 8.84. The molecule has 0 aliphatic carbocycles. The minimum atomic E-state index is -0.962. The van der Waals surface area contributed by atoms with Crippen LogP contribution in [0.1, 0.15) is 33.1 Å². The smallest absolute Gasteiger partial charge is 0.0903 e. The molecule has 0 heterocycles. The molecule has 0 bridgehead atoms. The van der Waals surface area contributed by atoms with Crippen LogP contribution in [0.5, 0.6) is 0 Å². The lowest BCUT2D eigenvalue weighted by atomic mass is 9.89. The molecule has 0 fully saturated rings. The zero-order chi connectivity index (χ0) is 8.91. The molecule has 2 nitrogen and oxygen atoms in total. The molecule has 11 heavy (non-hydrogen) atoms. The predicted molar refractivity (Wildman–Crippen MR) is 45.0 cm³/mol. The summed E-state index contributed by atoms with van der Waals surface area (Å²) in [5.74, 6) is 0. The average molecular weight is 157 g/mol. The average Bonchev–Trinajstić information content (AvgIpc) is 2.03. The molecular formula is C9H17O2. The summed E-state index contributed by atoms with van der Waals surface area (Å²) in [4.78, 5) is 0. The van der Waals surface area contributed by atoms with Crippen LogP contribution in [0, 0.1) is 6.58 Å². The first-order valence-corrected chi connectivity index (χ1v) is 4.04. The predicted octanol–water partition coefficient (Wildman–Crippen LogP) is 1.28. The van der Waals surface area contributed by atoms with Gasteiger partial charge in [0.25, 0.3) is 0 Å². The molecule has 0 spiro atoms. The van der Waals surface area contributed by atoms with Crippen molar-refractivity contribution >= 4 is 0 Å². The Morgan fingerprint density at radius 3 is 2.18 bits per heavy atom. The van der Waals surface area contributed by atoms with Crippen LogP contribution >= 0.6 is 0 Å². The first kappa shape index (κ1) is 10.7. The van der Waals surface area contributed by atoms with Crippen molar-refractivity contribution in [3.05, 3.63) is 12.7 Å². The van der Waals surface area contributed by atoms with Gasteiger partial charge in [0.05, 0.1) is 11.7 Å². The Balaban J connectivity index is 4.10. The topological polar surface area (TPSA) is 40.5 Å².